The number of hydrogen-bond donors (Lipinski definition) is 1. The molecule has 3 heteroatoms. The molecule has 0 aromatic heterocycles. The molecule has 0 aliphatic heterocycles. The lowest BCUT2D eigenvalue weighted by Gasteiger charge is -2.17. The molecular weight excluding hydrogens is 262 g/mol. The zero-order valence-electron chi connectivity index (χ0n) is 12.9. The zero-order chi connectivity index (χ0) is 15.1. The molecule has 0 radical (unpaired) electrons. The summed E-state index contributed by atoms with van der Waals surface area (Å²) in [6, 6.07) is 16.1. The zero-order valence-corrected chi connectivity index (χ0v) is 12.9. The molecule has 0 fully saturated rings. The van der Waals surface area contributed by atoms with E-state index in [1.54, 1.807) is 0 Å². The van der Waals surface area contributed by atoms with Gasteiger partial charge >= 0.3 is 0 Å². The summed E-state index contributed by atoms with van der Waals surface area (Å²) in [6.45, 7) is 7.52. The predicted octanol–water partition coefficient (Wildman–Crippen LogP) is 4.27. The van der Waals surface area contributed by atoms with Crippen LogP contribution in [0.25, 0.3) is 0 Å². The Kier molecular flexibility index (Phi) is 5.50. The normalized spacial score (nSPS) is 11.8. The lowest BCUT2D eigenvalue weighted by atomic mass is 10.2. The number of ether oxygens (including phenoxy) is 2. The van der Waals surface area contributed by atoms with Gasteiger partial charge in [-0.25, -0.2) is 0 Å². The first-order valence-corrected chi connectivity index (χ1v) is 7.37. The van der Waals surface area contributed by atoms with Crippen molar-refractivity contribution in [3.05, 3.63) is 54.1 Å². The van der Waals surface area contributed by atoms with Gasteiger partial charge in [-0.05, 0) is 50.6 Å². The van der Waals surface area contributed by atoms with Gasteiger partial charge < -0.3 is 14.8 Å². The van der Waals surface area contributed by atoms with Crippen molar-refractivity contribution in [3.63, 3.8) is 0 Å². The average molecular weight is 285 g/mol. The first-order valence-electron chi connectivity index (χ1n) is 7.37. The maximum Gasteiger partial charge on any atom is 0.121 e. The molecular formula is C18H23NO2. The molecule has 0 spiro atoms. The van der Waals surface area contributed by atoms with E-state index in [9.17, 15) is 0 Å². The molecule has 0 saturated carbocycles. The van der Waals surface area contributed by atoms with E-state index in [4.69, 9.17) is 9.47 Å². The standard InChI is InChI=1S/C18H23NO2/c1-4-20-17-9-6-8-16(12-17)19-13-15(3)21-18-10-5-7-14(2)11-18/h5-12,15,19H,4,13H2,1-3H3. The second-order valence-electron chi connectivity index (χ2n) is 5.09. The highest BCUT2D eigenvalue weighted by molar-refractivity contribution is 5.48. The minimum atomic E-state index is 0.0857. The third kappa shape index (κ3) is 5.03. The van der Waals surface area contributed by atoms with Crippen LogP contribution in [0.1, 0.15) is 19.4 Å². The van der Waals surface area contributed by atoms with Crippen LogP contribution in [0.5, 0.6) is 11.5 Å². The van der Waals surface area contributed by atoms with Gasteiger partial charge in [0.15, 0.2) is 0 Å². The summed E-state index contributed by atoms with van der Waals surface area (Å²) in [6.07, 6.45) is 0.0857. The van der Waals surface area contributed by atoms with Crippen LogP contribution in [0.3, 0.4) is 0 Å². The van der Waals surface area contributed by atoms with Gasteiger partial charge in [0.25, 0.3) is 0 Å². The lowest BCUT2D eigenvalue weighted by Crippen LogP contribution is -2.22. The van der Waals surface area contributed by atoms with E-state index in [-0.39, 0.29) is 6.10 Å². The molecule has 112 valence electrons. The van der Waals surface area contributed by atoms with E-state index in [1.165, 1.54) is 5.56 Å². The van der Waals surface area contributed by atoms with Crippen LogP contribution < -0.4 is 14.8 Å². The third-order valence-corrected chi connectivity index (χ3v) is 3.07. The maximum atomic E-state index is 5.90. The van der Waals surface area contributed by atoms with Gasteiger partial charge in [-0.3, -0.25) is 0 Å². The van der Waals surface area contributed by atoms with Crippen molar-refractivity contribution in [2.75, 3.05) is 18.5 Å². The molecule has 0 aliphatic rings. The van der Waals surface area contributed by atoms with E-state index in [0.29, 0.717) is 6.61 Å². The Morgan fingerprint density at radius 2 is 1.81 bits per heavy atom. The van der Waals surface area contributed by atoms with Crippen molar-refractivity contribution in [1.82, 2.24) is 0 Å². The summed E-state index contributed by atoms with van der Waals surface area (Å²) >= 11 is 0. The number of anilines is 1. The molecule has 0 aliphatic carbocycles. The van der Waals surface area contributed by atoms with Gasteiger partial charge in [0, 0.05) is 11.8 Å². The van der Waals surface area contributed by atoms with Gasteiger partial charge in [-0.1, -0.05) is 18.2 Å². The Hall–Kier alpha value is -2.16. The van der Waals surface area contributed by atoms with Crippen molar-refractivity contribution in [2.45, 2.75) is 26.9 Å². The number of hydrogen-bond acceptors (Lipinski definition) is 3. The van der Waals surface area contributed by atoms with Crippen molar-refractivity contribution in [1.29, 1.82) is 0 Å². The van der Waals surface area contributed by atoms with Crippen molar-refractivity contribution >= 4 is 5.69 Å². The minimum Gasteiger partial charge on any atom is -0.494 e. The largest absolute Gasteiger partial charge is 0.494 e. The van der Waals surface area contributed by atoms with Crippen LogP contribution in [0.2, 0.25) is 0 Å². The van der Waals surface area contributed by atoms with Crippen LogP contribution in [0.4, 0.5) is 5.69 Å². The van der Waals surface area contributed by atoms with E-state index in [2.05, 4.69) is 25.2 Å². The molecule has 0 amide bonds. The monoisotopic (exact) mass is 285 g/mol. The van der Waals surface area contributed by atoms with Crippen LogP contribution in [0, 0.1) is 6.92 Å². The highest BCUT2D eigenvalue weighted by Gasteiger charge is 2.04. The first-order chi connectivity index (χ1) is 10.2. The number of benzene rings is 2. The summed E-state index contributed by atoms with van der Waals surface area (Å²) in [4.78, 5) is 0. The van der Waals surface area contributed by atoms with Crippen molar-refractivity contribution in [3.8, 4) is 11.5 Å². The highest BCUT2D eigenvalue weighted by Crippen LogP contribution is 2.18. The summed E-state index contributed by atoms with van der Waals surface area (Å²) in [5.74, 6) is 1.79. The molecule has 0 bridgehead atoms. The number of nitrogens with one attached hydrogen (secondary N) is 1. The molecule has 2 aromatic rings. The van der Waals surface area contributed by atoms with Crippen LogP contribution in [0.15, 0.2) is 48.5 Å². The van der Waals surface area contributed by atoms with Crippen molar-refractivity contribution in [2.24, 2.45) is 0 Å². The Morgan fingerprint density at radius 1 is 1.05 bits per heavy atom. The highest BCUT2D eigenvalue weighted by atomic mass is 16.5. The van der Waals surface area contributed by atoms with Gasteiger partial charge in [-0.2, -0.15) is 0 Å². The molecule has 21 heavy (non-hydrogen) atoms. The number of rotatable bonds is 7. The van der Waals surface area contributed by atoms with E-state index < -0.39 is 0 Å². The summed E-state index contributed by atoms with van der Waals surface area (Å²) < 4.78 is 11.4. The summed E-state index contributed by atoms with van der Waals surface area (Å²) in [5, 5.41) is 3.37. The Morgan fingerprint density at radius 3 is 2.57 bits per heavy atom. The Bertz CT molecular complexity index is 569. The molecule has 3 nitrogen and oxygen atoms in total. The second kappa shape index (κ2) is 7.58. The second-order valence-corrected chi connectivity index (χ2v) is 5.09. The predicted molar refractivity (Wildman–Crippen MR) is 87.4 cm³/mol. The maximum absolute atomic E-state index is 5.90. The first kappa shape index (κ1) is 15.2. The van der Waals surface area contributed by atoms with Crippen LogP contribution in [-0.4, -0.2) is 19.3 Å². The lowest BCUT2D eigenvalue weighted by molar-refractivity contribution is 0.234. The summed E-state index contributed by atoms with van der Waals surface area (Å²) in [7, 11) is 0. The third-order valence-electron chi connectivity index (χ3n) is 3.07. The fraction of sp³-hybridized carbons (Fsp3) is 0.333. The topological polar surface area (TPSA) is 30.5 Å². The molecule has 2 aromatic carbocycles. The van der Waals surface area contributed by atoms with Crippen LogP contribution >= 0.6 is 0 Å². The minimum absolute atomic E-state index is 0.0857. The average Bonchev–Trinajstić information content (AvgIpc) is 2.46. The molecule has 1 atom stereocenters. The Balaban J connectivity index is 1.86. The number of aryl methyl sites for hydroxylation is 1. The van der Waals surface area contributed by atoms with E-state index in [0.717, 1.165) is 23.7 Å². The molecule has 1 unspecified atom stereocenters. The van der Waals surface area contributed by atoms with Gasteiger partial charge in [0.2, 0.25) is 0 Å². The fourth-order valence-electron chi connectivity index (χ4n) is 2.09. The molecule has 0 saturated heterocycles. The van der Waals surface area contributed by atoms with E-state index >= 15 is 0 Å². The Labute approximate surface area is 126 Å². The fourth-order valence-corrected chi connectivity index (χ4v) is 2.09. The van der Waals surface area contributed by atoms with E-state index in [1.807, 2.05) is 49.4 Å². The molecule has 1 N–H and O–H groups in total. The smallest absolute Gasteiger partial charge is 0.121 e. The van der Waals surface area contributed by atoms with Crippen LogP contribution in [-0.2, 0) is 0 Å². The molecule has 0 heterocycles. The molecule has 2 rings (SSSR count). The van der Waals surface area contributed by atoms with Gasteiger partial charge in [0.1, 0.15) is 17.6 Å². The SMILES string of the molecule is CCOc1cccc(NCC(C)Oc2cccc(C)c2)c1. The van der Waals surface area contributed by atoms with Crippen molar-refractivity contribution < 1.29 is 9.47 Å². The quantitative estimate of drug-likeness (QED) is 0.824. The summed E-state index contributed by atoms with van der Waals surface area (Å²) in [5.41, 5.74) is 2.25. The van der Waals surface area contributed by atoms with Gasteiger partial charge in [0.05, 0.1) is 13.2 Å². The van der Waals surface area contributed by atoms with Gasteiger partial charge in [-0.15, -0.1) is 0 Å².